The highest BCUT2D eigenvalue weighted by atomic mass is 14.6. The van der Waals surface area contributed by atoms with Gasteiger partial charge in [0, 0.05) is 5.56 Å². The van der Waals surface area contributed by atoms with Gasteiger partial charge in [0.15, 0.2) is 0 Å². The molecular weight excluding hydrogens is 196 g/mol. The lowest BCUT2D eigenvalue weighted by Crippen LogP contribution is -2.03. The van der Waals surface area contributed by atoms with Gasteiger partial charge in [0.1, 0.15) is 0 Å². The van der Waals surface area contributed by atoms with Crippen LogP contribution in [0, 0.1) is 25.2 Å². The predicted molar refractivity (Wildman–Crippen MR) is 67.5 cm³/mol. The van der Waals surface area contributed by atoms with Gasteiger partial charge in [-0.3, -0.25) is 0 Å². The summed E-state index contributed by atoms with van der Waals surface area (Å²) in [6.45, 7) is 6.10. The van der Waals surface area contributed by atoms with Crippen molar-refractivity contribution < 1.29 is 0 Å². The first-order valence-electron chi connectivity index (χ1n) is 5.56. The number of nitrogens with two attached hydrogens (primary N) is 1. The summed E-state index contributed by atoms with van der Waals surface area (Å²) in [5, 5.41) is 9.06. The van der Waals surface area contributed by atoms with Crippen molar-refractivity contribution >= 4 is 5.70 Å². The number of aryl methyl sites for hydroxylation is 2. The minimum absolute atomic E-state index is 0.630. The van der Waals surface area contributed by atoms with E-state index >= 15 is 0 Å². The van der Waals surface area contributed by atoms with Gasteiger partial charge in [-0.05, 0) is 31.9 Å². The summed E-state index contributed by atoms with van der Waals surface area (Å²) in [5.74, 6) is 0. The number of nitrogens with zero attached hydrogens (tertiary/aromatic N) is 1. The maximum absolute atomic E-state index is 9.06. The standard InChI is InChI=1S/C14H18N2/c1-4-5-12(9-15)14(16)13-8-10(2)6-7-11(13)3/h6-8H,4-5,16H2,1-3H3/b14-12-. The van der Waals surface area contributed by atoms with E-state index < -0.39 is 0 Å². The van der Waals surface area contributed by atoms with Crippen molar-refractivity contribution in [2.75, 3.05) is 0 Å². The zero-order valence-electron chi connectivity index (χ0n) is 10.2. The minimum Gasteiger partial charge on any atom is -0.397 e. The Hall–Kier alpha value is -1.75. The molecule has 0 radical (unpaired) electrons. The van der Waals surface area contributed by atoms with Crippen molar-refractivity contribution in [3.63, 3.8) is 0 Å². The van der Waals surface area contributed by atoms with Gasteiger partial charge in [-0.1, -0.05) is 31.0 Å². The fraction of sp³-hybridized carbons (Fsp3) is 0.357. The third-order valence-electron chi connectivity index (χ3n) is 2.64. The number of hydrogen-bond acceptors (Lipinski definition) is 2. The molecule has 0 saturated heterocycles. The summed E-state index contributed by atoms with van der Waals surface area (Å²) in [6.07, 6.45) is 1.68. The molecule has 2 nitrogen and oxygen atoms in total. The lowest BCUT2D eigenvalue weighted by molar-refractivity contribution is 0.928. The summed E-state index contributed by atoms with van der Waals surface area (Å²) in [4.78, 5) is 0. The molecular formula is C14H18N2. The van der Waals surface area contributed by atoms with Gasteiger partial charge in [0.05, 0.1) is 17.3 Å². The fourth-order valence-electron chi connectivity index (χ4n) is 1.69. The summed E-state index contributed by atoms with van der Waals surface area (Å²) >= 11 is 0. The van der Waals surface area contributed by atoms with Crippen molar-refractivity contribution in [1.82, 2.24) is 0 Å². The minimum atomic E-state index is 0.630. The summed E-state index contributed by atoms with van der Waals surface area (Å²) in [6, 6.07) is 8.34. The lowest BCUT2D eigenvalue weighted by Gasteiger charge is -2.09. The molecule has 2 N–H and O–H groups in total. The van der Waals surface area contributed by atoms with Crippen LogP contribution in [0.3, 0.4) is 0 Å². The number of nitriles is 1. The van der Waals surface area contributed by atoms with Crippen molar-refractivity contribution in [2.24, 2.45) is 5.73 Å². The van der Waals surface area contributed by atoms with E-state index in [9.17, 15) is 0 Å². The van der Waals surface area contributed by atoms with Crippen LogP contribution < -0.4 is 5.73 Å². The molecule has 1 aromatic carbocycles. The molecule has 0 bridgehead atoms. The molecule has 0 unspecified atom stereocenters. The van der Waals surface area contributed by atoms with Gasteiger partial charge in [-0.15, -0.1) is 0 Å². The maximum atomic E-state index is 9.06. The van der Waals surface area contributed by atoms with Gasteiger partial charge in [0.2, 0.25) is 0 Å². The summed E-state index contributed by atoms with van der Waals surface area (Å²) < 4.78 is 0. The smallest absolute Gasteiger partial charge is 0.0968 e. The van der Waals surface area contributed by atoms with Gasteiger partial charge >= 0.3 is 0 Å². The molecule has 0 aliphatic rings. The Morgan fingerprint density at radius 2 is 2.06 bits per heavy atom. The average molecular weight is 214 g/mol. The fourth-order valence-corrected chi connectivity index (χ4v) is 1.69. The van der Waals surface area contributed by atoms with Crippen LogP contribution in [0.25, 0.3) is 5.70 Å². The Bertz CT molecular complexity index is 450. The zero-order chi connectivity index (χ0) is 12.1. The van der Waals surface area contributed by atoms with E-state index in [1.165, 1.54) is 0 Å². The van der Waals surface area contributed by atoms with Crippen LogP contribution in [0.15, 0.2) is 23.8 Å². The van der Waals surface area contributed by atoms with E-state index in [0.29, 0.717) is 11.3 Å². The third kappa shape index (κ3) is 2.64. The van der Waals surface area contributed by atoms with E-state index in [-0.39, 0.29) is 0 Å². The van der Waals surface area contributed by atoms with Crippen molar-refractivity contribution in [3.8, 4) is 6.07 Å². The molecule has 0 aliphatic heterocycles. The van der Waals surface area contributed by atoms with Crippen LogP contribution in [-0.2, 0) is 0 Å². The molecule has 1 aromatic rings. The molecule has 0 aromatic heterocycles. The van der Waals surface area contributed by atoms with Gasteiger partial charge in [0.25, 0.3) is 0 Å². The predicted octanol–water partition coefficient (Wildman–Crippen LogP) is 3.30. The van der Waals surface area contributed by atoms with E-state index in [1.54, 1.807) is 0 Å². The monoisotopic (exact) mass is 214 g/mol. The first-order valence-corrected chi connectivity index (χ1v) is 5.56. The van der Waals surface area contributed by atoms with Crippen LogP contribution in [0.4, 0.5) is 0 Å². The Kier molecular flexibility index (Phi) is 4.13. The lowest BCUT2D eigenvalue weighted by atomic mass is 9.98. The average Bonchev–Trinajstić information content (AvgIpc) is 2.28. The molecule has 0 heterocycles. The number of allylic oxidation sites excluding steroid dienone is 1. The second kappa shape index (κ2) is 5.37. The summed E-state index contributed by atoms with van der Waals surface area (Å²) in [7, 11) is 0. The highest BCUT2D eigenvalue weighted by molar-refractivity contribution is 5.71. The summed E-state index contributed by atoms with van der Waals surface area (Å²) in [5.41, 5.74) is 10.7. The number of hydrogen-bond donors (Lipinski definition) is 1. The van der Waals surface area contributed by atoms with E-state index in [1.807, 2.05) is 32.9 Å². The molecule has 84 valence electrons. The molecule has 0 fully saturated rings. The SMILES string of the molecule is CCC/C(C#N)=C(/N)c1cc(C)ccc1C. The largest absolute Gasteiger partial charge is 0.397 e. The Morgan fingerprint density at radius 1 is 1.38 bits per heavy atom. The van der Waals surface area contributed by atoms with Crippen LogP contribution in [0.2, 0.25) is 0 Å². The van der Waals surface area contributed by atoms with Gasteiger partial charge < -0.3 is 5.73 Å². The van der Waals surface area contributed by atoms with Crippen molar-refractivity contribution in [3.05, 3.63) is 40.5 Å². The topological polar surface area (TPSA) is 49.8 Å². The van der Waals surface area contributed by atoms with Crippen LogP contribution in [-0.4, -0.2) is 0 Å². The number of rotatable bonds is 3. The molecule has 0 saturated carbocycles. The zero-order valence-corrected chi connectivity index (χ0v) is 10.2. The quantitative estimate of drug-likeness (QED) is 0.785. The Balaban J connectivity index is 3.27. The van der Waals surface area contributed by atoms with Crippen LogP contribution in [0.5, 0.6) is 0 Å². The van der Waals surface area contributed by atoms with E-state index in [4.69, 9.17) is 11.0 Å². The van der Waals surface area contributed by atoms with E-state index in [0.717, 1.165) is 29.5 Å². The van der Waals surface area contributed by atoms with Crippen molar-refractivity contribution in [2.45, 2.75) is 33.6 Å². The van der Waals surface area contributed by atoms with Gasteiger partial charge in [-0.2, -0.15) is 5.26 Å². The molecule has 0 amide bonds. The second-order valence-corrected chi connectivity index (χ2v) is 4.07. The highest BCUT2D eigenvalue weighted by Crippen LogP contribution is 2.21. The molecule has 0 spiro atoms. The van der Waals surface area contributed by atoms with Gasteiger partial charge in [-0.25, -0.2) is 0 Å². The Labute approximate surface area is 97.4 Å². The second-order valence-electron chi connectivity index (χ2n) is 4.07. The normalized spacial score (nSPS) is 11.9. The van der Waals surface area contributed by atoms with Crippen LogP contribution in [0.1, 0.15) is 36.5 Å². The molecule has 0 atom stereocenters. The first kappa shape index (κ1) is 12.3. The Morgan fingerprint density at radius 3 is 2.62 bits per heavy atom. The molecule has 16 heavy (non-hydrogen) atoms. The molecule has 2 heteroatoms. The first-order chi connectivity index (χ1) is 7.60. The maximum Gasteiger partial charge on any atom is 0.0968 e. The third-order valence-corrected chi connectivity index (χ3v) is 2.64. The number of benzene rings is 1. The van der Waals surface area contributed by atoms with E-state index in [2.05, 4.69) is 12.1 Å². The highest BCUT2D eigenvalue weighted by Gasteiger charge is 2.07. The molecule has 0 aliphatic carbocycles. The van der Waals surface area contributed by atoms with Crippen molar-refractivity contribution in [1.29, 1.82) is 5.26 Å². The van der Waals surface area contributed by atoms with Crippen LogP contribution >= 0.6 is 0 Å². The molecule has 1 rings (SSSR count).